The van der Waals surface area contributed by atoms with E-state index in [0.717, 1.165) is 0 Å². The molecule has 2 aliphatic rings. The average molecular weight is 415 g/mol. The predicted molar refractivity (Wildman–Crippen MR) is 92.2 cm³/mol. The number of aliphatic hydroxyl groups is 5. The molecule has 2 fully saturated rings. The number of aliphatic hydroxyl groups excluding tert-OH is 5. The van der Waals surface area contributed by atoms with Gasteiger partial charge in [-0.25, -0.2) is 4.98 Å². The van der Waals surface area contributed by atoms with Gasteiger partial charge >= 0.3 is 0 Å². The Hall–Kier alpha value is -2.17. The number of nitrogen functional groups attached to an aromatic ring is 1. The van der Waals surface area contributed by atoms with Crippen molar-refractivity contribution in [3.05, 3.63) is 16.7 Å². The molecule has 2 saturated heterocycles. The van der Waals surface area contributed by atoms with Crippen LogP contribution in [0.1, 0.15) is 6.23 Å². The van der Waals surface area contributed by atoms with Crippen molar-refractivity contribution < 1.29 is 39.7 Å². The van der Waals surface area contributed by atoms with Gasteiger partial charge in [-0.05, 0) is 0 Å². The molecule has 0 unspecified atom stereocenters. The first-order valence-corrected chi connectivity index (χ1v) is 8.80. The highest BCUT2D eigenvalue weighted by Gasteiger charge is 2.51. The molecule has 14 heteroatoms. The Kier molecular flexibility index (Phi) is 5.26. The van der Waals surface area contributed by atoms with Crippen molar-refractivity contribution in [2.75, 3.05) is 18.9 Å². The number of aromatic nitrogens is 4. The van der Waals surface area contributed by atoms with E-state index in [4.69, 9.17) is 19.9 Å². The molecule has 2 aromatic heterocycles. The smallest absolute Gasteiger partial charge is 0.280 e. The van der Waals surface area contributed by atoms with E-state index in [9.17, 15) is 30.3 Å². The summed E-state index contributed by atoms with van der Waals surface area (Å²) in [5.74, 6) is -0.164. The van der Waals surface area contributed by atoms with Gasteiger partial charge in [-0.15, -0.1) is 0 Å². The highest BCUT2D eigenvalue weighted by molar-refractivity contribution is 5.70. The Morgan fingerprint density at radius 1 is 1.14 bits per heavy atom. The molecule has 4 heterocycles. The van der Waals surface area contributed by atoms with Crippen LogP contribution in [0.25, 0.3) is 11.2 Å². The van der Waals surface area contributed by atoms with E-state index in [-0.39, 0.29) is 17.1 Å². The minimum Gasteiger partial charge on any atom is -0.394 e. The lowest BCUT2D eigenvalue weighted by Gasteiger charge is -2.26. The first-order valence-electron chi connectivity index (χ1n) is 8.80. The molecule has 0 amide bonds. The third-order valence-corrected chi connectivity index (χ3v) is 5.01. The molecule has 4 rings (SSSR count). The molecule has 14 nitrogen and oxygen atoms in total. The first-order chi connectivity index (χ1) is 13.8. The van der Waals surface area contributed by atoms with Crippen molar-refractivity contribution in [3.8, 4) is 0 Å². The second-order valence-electron chi connectivity index (χ2n) is 6.82. The van der Waals surface area contributed by atoms with Crippen LogP contribution in [0.2, 0.25) is 0 Å². The summed E-state index contributed by atoms with van der Waals surface area (Å²) in [4.78, 5) is 22.3. The summed E-state index contributed by atoms with van der Waals surface area (Å²) in [5, 5.41) is 49.2. The van der Waals surface area contributed by atoms with E-state index in [0.29, 0.717) is 0 Å². The highest BCUT2D eigenvalue weighted by atomic mass is 16.7. The summed E-state index contributed by atoms with van der Waals surface area (Å²) in [7, 11) is 0. The summed E-state index contributed by atoms with van der Waals surface area (Å²) in [5.41, 5.74) is 5.03. The van der Waals surface area contributed by atoms with Gasteiger partial charge in [-0.3, -0.25) is 14.3 Å². The third-order valence-electron chi connectivity index (χ3n) is 5.01. The van der Waals surface area contributed by atoms with Gasteiger partial charge in [0.2, 0.25) is 5.95 Å². The van der Waals surface area contributed by atoms with Crippen LogP contribution in [0.5, 0.6) is 0 Å². The van der Waals surface area contributed by atoms with Crippen LogP contribution in [-0.2, 0) is 14.2 Å². The molecule has 160 valence electrons. The maximum absolute atomic E-state index is 12.0. The molecule has 8 N–H and O–H groups in total. The van der Waals surface area contributed by atoms with Gasteiger partial charge in [0.15, 0.2) is 23.7 Å². The van der Waals surface area contributed by atoms with Crippen molar-refractivity contribution in [3.63, 3.8) is 0 Å². The number of nitrogens with two attached hydrogens (primary N) is 1. The summed E-state index contributed by atoms with van der Waals surface area (Å²) in [6, 6.07) is 0. The third kappa shape index (κ3) is 3.28. The van der Waals surface area contributed by atoms with Gasteiger partial charge in [0.25, 0.3) is 5.56 Å². The molecule has 8 atom stereocenters. The van der Waals surface area contributed by atoms with Crippen molar-refractivity contribution in [1.29, 1.82) is 0 Å². The van der Waals surface area contributed by atoms with Gasteiger partial charge in [0.1, 0.15) is 36.6 Å². The van der Waals surface area contributed by atoms with Gasteiger partial charge < -0.3 is 45.5 Å². The molecule has 0 bridgehead atoms. The quantitative estimate of drug-likeness (QED) is 0.247. The Labute approximate surface area is 162 Å². The minimum absolute atomic E-state index is 0.0311. The SMILES string of the molecule is Nc1nc2c(ncn2[C@@H]2O[C@H](CO)[C@@H](O)[C@H]2O[C@H]2O[C@@H](CO)[C@H](O)[C@@H]2O)c(=O)[nH]1. The monoisotopic (exact) mass is 415 g/mol. The van der Waals surface area contributed by atoms with E-state index in [1.807, 2.05) is 0 Å². The molecule has 0 aliphatic carbocycles. The zero-order valence-corrected chi connectivity index (χ0v) is 14.9. The summed E-state index contributed by atoms with van der Waals surface area (Å²) < 4.78 is 17.9. The summed E-state index contributed by atoms with van der Waals surface area (Å²) in [6.45, 7) is -1.10. The fourth-order valence-corrected chi connectivity index (χ4v) is 3.50. The number of rotatable bonds is 5. The fourth-order valence-electron chi connectivity index (χ4n) is 3.50. The van der Waals surface area contributed by atoms with E-state index < -0.39 is 67.9 Å². The number of hydrogen-bond acceptors (Lipinski definition) is 12. The molecular formula is C15H21N5O9. The standard InChI is InChI=1S/C15H21N5O9/c16-15-18-11-6(12(26)19-15)17-3-20(11)13-10(8(24)5(2-22)27-13)29-14-9(25)7(23)4(1-21)28-14/h3-5,7-10,13-14,21-25H,1-2H2,(H3,16,18,19,26)/t4-,5+,7-,8+,9-,10+,13+,14+/m0/s1. The number of hydrogen-bond donors (Lipinski definition) is 7. The van der Waals surface area contributed by atoms with Gasteiger partial charge in [-0.1, -0.05) is 0 Å². The number of imidazole rings is 1. The Balaban J connectivity index is 1.68. The van der Waals surface area contributed by atoms with Crippen LogP contribution in [0.4, 0.5) is 5.95 Å². The molecular weight excluding hydrogens is 394 g/mol. The largest absolute Gasteiger partial charge is 0.394 e. The normalized spacial score (nSPS) is 37.6. The number of ether oxygens (including phenoxy) is 3. The second-order valence-corrected chi connectivity index (χ2v) is 6.82. The van der Waals surface area contributed by atoms with E-state index in [2.05, 4.69) is 15.0 Å². The van der Waals surface area contributed by atoms with Crippen LogP contribution in [-0.4, -0.2) is 101 Å². The zero-order chi connectivity index (χ0) is 20.9. The number of H-pyrrole nitrogens is 1. The van der Waals surface area contributed by atoms with Crippen molar-refractivity contribution in [2.24, 2.45) is 0 Å². The number of fused-ring (bicyclic) bond motifs is 1. The van der Waals surface area contributed by atoms with Crippen LogP contribution in [0.3, 0.4) is 0 Å². The lowest BCUT2D eigenvalue weighted by Crippen LogP contribution is -2.42. The van der Waals surface area contributed by atoms with Gasteiger partial charge in [0.05, 0.1) is 19.5 Å². The van der Waals surface area contributed by atoms with Crippen molar-refractivity contribution >= 4 is 17.1 Å². The van der Waals surface area contributed by atoms with Crippen LogP contribution in [0, 0.1) is 0 Å². The number of nitrogens with one attached hydrogen (secondary N) is 1. The predicted octanol–water partition coefficient (Wildman–Crippen LogP) is -4.22. The molecule has 29 heavy (non-hydrogen) atoms. The van der Waals surface area contributed by atoms with Crippen molar-refractivity contribution in [2.45, 2.75) is 49.1 Å². The van der Waals surface area contributed by atoms with Gasteiger partial charge in [0, 0.05) is 0 Å². The van der Waals surface area contributed by atoms with Gasteiger partial charge in [-0.2, -0.15) is 4.98 Å². The van der Waals surface area contributed by atoms with E-state index in [1.54, 1.807) is 0 Å². The Bertz CT molecular complexity index is 935. The lowest BCUT2D eigenvalue weighted by atomic mass is 10.1. The molecule has 0 saturated carbocycles. The molecule has 0 radical (unpaired) electrons. The molecule has 2 aliphatic heterocycles. The Morgan fingerprint density at radius 2 is 1.83 bits per heavy atom. The van der Waals surface area contributed by atoms with Crippen LogP contribution in [0.15, 0.2) is 11.1 Å². The first kappa shape index (κ1) is 20.1. The lowest BCUT2D eigenvalue weighted by molar-refractivity contribution is -0.219. The summed E-state index contributed by atoms with van der Waals surface area (Å²) in [6.07, 6.45) is -8.87. The zero-order valence-electron chi connectivity index (χ0n) is 14.9. The topological polar surface area (TPSA) is 218 Å². The van der Waals surface area contributed by atoms with Crippen molar-refractivity contribution in [1.82, 2.24) is 19.5 Å². The maximum atomic E-state index is 12.0. The number of nitrogens with zero attached hydrogens (tertiary/aromatic N) is 3. The summed E-state index contributed by atoms with van der Waals surface area (Å²) >= 11 is 0. The minimum atomic E-state index is -1.50. The second kappa shape index (κ2) is 7.58. The molecule has 0 spiro atoms. The van der Waals surface area contributed by atoms with Crippen LogP contribution < -0.4 is 11.3 Å². The molecule has 2 aromatic rings. The highest BCUT2D eigenvalue weighted by Crippen LogP contribution is 2.36. The van der Waals surface area contributed by atoms with E-state index in [1.165, 1.54) is 10.9 Å². The molecule has 0 aromatic carbocycles. The fraction of sp³-hybridized carbons (Fsp3) is 0.667. The average Bonchev–Trinajstić information content (AvgIpc) is 3.32. The van der Waals surface area contributed by atoms with Crippen LogP contribution >= 0.6 is 0 Å². The maximum Gasteiger partial charge on any atom is 0.280 e. The number of anilines is 1. The number of aromatic amines is 1. The van der Waals surface area contributed by atoms with E-state index >= 15 is 0 Å². The Morgan fingerprint density at radius 3 is 2.48 bits per heavy atom.